The highest BCUT2D eigenvalue weighted by Crippen LogP contribution is 2.20. The Hall–Kier alpha value is -1.78. The van der Waals surface area contributed by atoms with Crippen molar-refractivity contribution in [1.29, 1.82) is 0 Å². The van der Waals surface area contributed by atoms with Gasteiger partial charge in [0.25, 0.3) is 5.56 Å². The Morgan fingerprint density at radius 2 is 2.27 bits per heavy atom. The standard InChI is InChI=1S/C10H13N3O2/c1-15-8-9(11-6-12-10(8)14)13-7-4-2-3-5-7/h2-3,6-7H,4-5H2,1H3,(H2,11,12,13,14). The number of aromatic amines is 1. The molecule has 2 rings (SSSR count). The highest BCUT2D eigenvalue weighted by molar-refractivity contribution is 5.49. The predicted molar refractivity (Wildman–Crippen MR) is 57.2 cm³/mol. The van der Waals surface area contributed by atoms with Crippen LogP contribution in [0.1, 0.15) is 12.8 Å². The summed E-state index contributed by atoms with van der Waals surface area (Å²) in [7, 11) is 1.46. The molecule has 1 heterocycles. The van der Waals surface area contributed by atoms with Gasteiger partial charge in [-0.25, -0.2) is 4.98 Å². The van der Waals surface area contributed by atoms with Gasteiger partial charge in [0.05, 0.1) is 13.4 Å². The second kappa shape index (κ2) is 4.16. The molecule has 1 aromatic rings. The average molecular weight is 207 g/mol. The first kappa shape index (κ1) is 9.76. The number of hydrogen-bond acceptors (Lipinski definition) is 4. The lowest BCUT2D eigenvalue weighted by Crippen LogP contribution is -2.20. The maximum Gasteiger partial charge on any atom is 0.295 e. The lowest BCUT2D eigenvalue weighted by Gasteiger charge is -2.14. The van der Waals surface area contributed by atoms with E-state index >= 15 is 0 Å². The van der Waals surface area contributed by atoms with E-state index in [1.165, 1.54) is 13.4 Å². The summed E-state index contributed by atoms with van der Waals surface area (Å²) in [6.45, 7) is 0. The van der Waals surface area contributed by atoms with Crippen LogP contribution in [-0.4, -0.2) is 23.1 Å². The molecule has 1 aliphatic carbocycles. The topological polar surface area (TPSA) is 67.0 Å². The van der Waals surface area contributed by atoms with E-state index < -0.39 is 0 Å². The van der Waals surface area contributed by atoms with E-state index in [1.807, 2.05) is 0 Å². The number of aromatic nitrogens is 2. The number of ether oxygens (including phenoxy) is 1. The van der Waals surface area contributed by atoms with Gasteiger partial charge in [0.15, 0.2) is 5.82 Å². The van der Waals surface area contributed by atoms with Gasteiger partial charge >= 0.3 is 0 Å². The quantitative estimate of drug-likeness (QED) is 0.723. The zero-order valence-corrected chi connectivity index (χ0v) is 8.49. The summed E-state index contributed by atoms with van der Waals surface area (Å²) in [5.74, 6) is 0.749. The van der Waals surface area contributed by atoms with Crippen LogP contribution in [-0.2, 0) is 0 Å². The SMILES string of the molecule is COc1c(NC2CC=CC2)nc[nH]c1=O. The van der Waals surface area contributed by atoms with Gasteiger partial charge in [-0.2, -0.15) is 0 Å². The molecule has 0 saturated carbocycles. The number of rotatable bonds is 3. The molecule has 0 radical (unpaired) electrons. The Labute approximate surface area is 87.2 Å². The van der Waals surface area contributed by atoms with Crippen molar-refractivity contribution in [1.82, 2.24) is 9.97 Å². The summed E-state index contributed by atoms with van der Waals surface area (Å²) in [6.07, 6.45) is 7.50. The molecule has 0 amide bonds. The molecule has 0 atom stereocenters. The van der Waals surface area contributed by atoms with Crippen molar-refractivity contribution in [3.63, 3.8) is 0 Å². The molecule has 0 saturated heterocycles. The Bertz CT molecular complexity index is 417. The molecule has 2 N–H and O–H groups in total. The minimum atomic E-state index is -0.263. The monoisotopic (exact) mass is 207 g/mol. The highest BCUT2D eigenvalue weighted by atomic mass is 16.5. The smallest absolute Gasteiger partial charge is 0.295 e. The number of hydrogen-bond donors (Lipinski definition) is 2. The van der Waals surface area contributed by atoms with Crippen LogP contribution in [0.15, 0.2) is 23.3 Å². The van der Waals surface area contributed by atoms with Crippen molar-refractivity contribution in [3.8, 4) is 5.75 Å². The fraction of sp³-hybridized carbons (Fsp3) is 0.400. The third kappa shape index (κ3) is 2.01. The van der Waals surface area contributed by atoms with E-state index in [4.69, 9.17) is 4.74 Å². The first-order chi connectivity index (χ1) is 7.31. The minimum Gasteiger partial charge on any atom is -0.489 e. The molecular weight excluding hydrogens is 194 g/mol. The fourth-order valence-corrected chi connectivity index (χ4v) is 1.61. The van der Waals surface area contributed by atoms with Crippen molar-refractivity contribution in [3.05, 3.63) is 28.8 Å². The van der Waals surface area contributed by atoms with Crippen molar-refractivity contribution < 1.29 is 4.74 Å². The van der Waals surface area contributed by atoms with Gasteiger partial charge in [-0.1, -0.05) is 12.2 Å². The minimum absolute atomic E-state index is 0.240. The third-order valence-electron chi connectivity index (χ3n) is 2.36. The van der Waals surface area contributed by atoms with Gasteiger partial charge in [-0.3, -0.25) is 4.79 Å². The molecule has 5 nitrogen and oxygen atoms in total. The van der Waals surface area contributed by atoms with Crippen LogP contribution in [0.3, 0.4) is 0 Å². The van der Waals surface area contributed by atoms with Crippen LogP contribution in [0, 0.1) is 0 Å². The lowest BCUT2D eigenvalue weighted by atomic mass is 10.2. The molecule has 1 aliphatic rings. The van der Waals surface area contributed by atoms with Crippen LogP contribution in [0.5, 0.6) is 5.75 Å². The van der Waals surface area contributed by atoms with Gasteiger partial charge in [-0.05, 0) is 12.8 Å². The number of H-pyrrole nitrogens is 1. The predicted octanol–water partition coefficient (Wildman–Crippen LogP) is 0.909. The van der Waals surface area contributed by atoms with E-state index in [9.17, 15) is 4.79 Å². The molecule has 0 aromatic carbocycles. The summed E-state index contributed by atoms with van der Waals surface area (Å²) in [6, 6.07) is 0.313. The van der Waals surface area contributed by atoms with Crippen LogP contribution in [0.25, 0.3) is 0 Å². The van der Waals surface area contributed by atoms with Gasteiger partial charge < -0.3 is 15.0 Å². The summed E-state index contributed by atoms with van der Waals surface area (Å²) in [5.41, 5.74) is -0.263. The summed E-state index contributed by atoms with van der Waals surface area (Å²) >= 11 is 0. The molecule has 0 spiro atoms. The molecule has 0 aliphatic heterocycles. The van der Waals surface area contributed by atoms with Crippen LogP contribution < -0.4 is 15.6 Å². The Balaban J connectivity index is 2.20. The third-order valence-corrected chi connectivity index (χ3v) is 2.36. The van der Waals surface area contributed by atoms with Crippen LogP contribution in [0.4, 0.5) is 5.82 Å². The lowest BCUT2D eigenvalue weighted by molar-refractivity contribution is 0.407. The molecule has 15 heavy (non-hydrogen) atoms. The van der Waals surface area contributed by atoms with Crippen LogP contribution >= 0.6 is 0 Å². The molecule has 80 valence electrons. The number of nitrogens with zero attached hydrogens (tertiary/aromatic N) is 1. The molecule has 1 aromatic heterocycles. The molecular formula is C10H13N3O2. The van der Waals surface area contributed by atoms with Crippen molar-refractivity contribution in [2.24, 2.45) is 0 Å². The van der Waals surface area contributed by atoms with E-state index in [0.717, 1.165) is 12.8 Å². The normalized spacial score (nSPS) is 15.5. The molecule has 0 fully saturated rings. The maximum atomic E-state index is 11.4. The Kier molecular flexibility index (Phi) is 2.71. The van der Waals surface area contributed by atoms with Crippen molar-refractivity contribution in [2.45, 2.75) is 18.9 Å². The van der Waals surface area contributed by atoms with E-state index in [0.29, 0.717) is 11.9 Å². The number of anilines is 1. The second-order valence-corrected chi connectivity index (χ2v) is 3.40. The van der Waals surface area contributed by atoms with E-state index in [2.05, 4.69) is 27.4 Å². The molecule has 5 heteroatoms. The second-order valence-electron chi connectivity index (χ2n) is 3.40. The van der Waals surface area contributed by atoms with E-state index in [-0.39, 0.29) is 11.3 Å². The average Bonchev–Trinajstić information content (AvgIpc) is 2.71. The maximum absolute atomic E-state index is 11.4. The van der Waals surface area contributed by atoms with Gasteiger partial charge in [0, 0.05) is 6.04 Å². The highest BCUT2D eigenvalue weighted by Gasteiger charge is 2.14. The van der Waals surface area contributed by atoms with Gasteiger partial charge in [-0.15, -0.1) is 0 Å². The molecule has 0 unspecified atom stereocenters. The number of nitrogens with one attached hydrogen (secondary N) is 2. The zero-order chi connectivity index (χ0) is 10.7. The van der Waals surface area contributed by atoms with Gasteiger partial charge in [0.1, 0.15) is 0 Å². The Morgan fingerprint density at radius 3 is 2.93 bits per heavy atom. The first-order valence-corrected chi connectivity index (χ1v) is 4.84. The van der Waals surface area contributed by atoms with E-state index in [1.54, 1.807) is 0 Å². The first-order valence-electron chi connectivity index (χ1n) is 4.84. The van der Waals surface area contributed by atoms with Crippen molar-refractivity contribution in [2.75, 3.05) is 12.4 Å². The molecule has 0 bridgehead atoms. The Morgan fingerprint density at radius 1 is 1.53 bits per heavy atom. The zero-order valence-electron chi connectivity index (χ0n) is 8.49. The fourth-order valence-electron chi connectivity index (χ4n) is 1.61. The summed E-state index contributed by atoms with van der Waals surface area (Å²) in [4.78, 5) is 17.9. The van der Waals surface area contributed by atoms with Crippen LogP contribution in [0.2, 0.25) is 0 Å². The largest absolute Gasteiger partial charge is 0.489 e. The summed E-state index contributed by atoms with van der Waals surface area (Å²) in [5, 5.41) is 3.18. The summed E-state index contributed by atoms with van der Waals surface area (Å²) < 4.78 is 5.00. The van der Waals surface area contributed by atoms with Gasteiger partial charge in [0.2, 0.25) is 5.75 Å². The van der Waals surface area contributed by atoms with Crippen molar-refractivity contribution >= 4 is 5.82 Å². The number of methoxy groups -OCH3 is 1.